The third-order valence-corrected chi connectivity index (χ3v) is 7.92. The summed E-state index contributed by atoms with van der Waals surface area (Å²) in [7, 11) is 0. The molecular formula is C28H26Cl3FN4O. The van der Waals surface area contributed by atoms with Gasteiger partial charge in [0.05, 0.1) is 5.69 Å². The normalized spacial score (nSPS) is 16.9. The number of hydrogen-bond donors (Lipinski definition) is 1. The van der Waals surface area contributed by atoms with Gasteiger partial charge in [0.25, 0.3) is 0 Å². The molecule has 3 aromatic rings. The SMILES string of the molecule is O=C(NCc1ccnc(F)c1)N1CC2(CCN(C/C=C/c3ccc(Cl)cc3)CC2)c2c(Cl)cc(Cl)cc21. The molecule has 3 heterocycles. The van der Waals surface area contributed by atoms with E-state index in [9.17, 15) is 9.18 Å². The van der Waals surface area contributed by atoms with E-state index in [0.29, 0.717) is 22.2 Å². The predicted octanol–water partition coefficient (Wildman–Crippen LogP) is 6.96. The number of likely N-dealkylation sites (tertiary alicyclic amines) is 1. The highest BCUT2D eigenvalue weighted by atomic mass is 35.5. The Morgan fingerprint density at radius 3 is 2.54 bits per heavy atom. The van der Waals surface area contributed by atoms with Gasteiger partial charge in [-0.05, 0) is 73.5 Å². The van der Waals surface area contributed by atoms with Gasteiger partial charge in [-0.3, -0.25) is 9.80 Å². The van der Waals surface area contributed by atoms with Crippen molar-refractivity contribution in [1.29, 1.82) is 0 Å². The Kier molecular flexibility index (Phi) is 7.72. The van der Waals surface area contributed by atoms with Gasteiger partial charge in [-0.25, -0.2) is 9.78 Å². The molecule has 2 aliphatic rings. The van der Waals surface area contributed by atoms with Crippen molar-refractivity contribution in [3.8, 4) is 0 Å². The van der Waals surface area contributed by atoms with Gasteiger partial charge in [-0.15, -0.1) is 0 Å². The zero-order chi connectivity index (χ0) is 26.0. The van der Waals surface area contributed by atoms with Crippen LogP contribution in [0.3, 0.4) is 0 Å². The average molecular weight is 560 g/mol. The Morgan fingerprint density at radius 1 is 1.05 bits per heavy atom. The number of hydrogen-bond acceptors (Lipinski definition) is 3. The number of pyridine rings is 1. The predicted molar refractivity (Wildman–Crippen MR) is 148 cm³/mol. The van der Waals surface area contributed by atoms with E-state index in [2.05, 4.69) is 27.4 Å². The number of urea groups is 1. The molecule has 0 atom stereocenters. The highest BCUT2D eigenvalue weighted by Gasteiger charge is 2.47. The van der Waals surface area contributed by atoms with Crippen molar-refractivity contribution in [1.82, 2.24) is 15.2 Å². The molecule has 0 saturated carbocycles. The first-order chi connectivity index (χ1) is 17.8. The Labute approximate surface area is 230 Å². The van der Waals surface area contributed by atoms with Gasteiger partial charge in [0.15, 0.2) is 0 Å². The van der Waals surface area contributed by atoms with E-state index >= 15 is 0 Å². The fourth-order valence-electron chi connectivity index (χ4n) is 5.26. The van der Waals surface area contributed by atoms with E-state index in [1.807, 2.05) is 30.3 Å². The summed E-state index contributed by atoms with van der Waals surface area (Å²) in [5.41, 5.74) is 3.24. The van der Waals surface area contributed by atoms with Crippen LogP contribution in [-0.2, 0) is 12.0 Å². The summed E-state index contributed by atoms with van der Waals surface area (Å²) in [6.45, 7) is 3.32. The molecule has 5 rings (SSSR count). The number of benzene rings is 2. The van der Waals surface area contributed by atoms with Crippen LogP contribution in [0.15, 0.2) is 60.8 Å². The fourth-order valence-corrected chi connectivity index (χ4v) is 6.06. The number of fused-ring (bicyclic) bond motifs is 2. The van der Waals surface area contributed by atoms with Gasteiger partial charge in [0.1, 0.15) is 0 Å². The molecule has 2 aliphatic heterocycles. The van der Waals surface area contributed by atoms with Crippen LogP contribution in [0.25, 0.3) is 6.08 Å². The van der Waals surface area contributed by atoms with Crippen LogP contribution in [0.5, 0.6) is 0 Å². The molecule has 0 aliphatic carbocycles. The molecule has 5 nitrogen and oxygen atoms in total. The summed E-state index contributed by atoms with van der Waals surface area (Å²) >= 11 is 19.0. The summed E-state index contributed by atoms with van der Waals surface area (Å²) in [5.74, 6) is -0.578. The number of carbonyl (C=O) groups excluding carboxylic acids is 1. The summed E-state index contributed by atoms with van der Waals surface area (Å²) in [6.07, 6.45) is 7.39. The molecule has 0 bridgehead atoms. The summed E-state index contributed by atoms with van der Waals surface area (Å²) in [4.78, 5) is 21.0. The molecular weight excluding hydrogens is 534 g/mol. The number of carbonyl (C=O) groups is 1. The van der Waals surface area contributed by atoms with E-state index in [4.69, 9.17) is 34.8 Å². The second-order valence-electron chi connectivity index (χ2n) is 9.55. The molecule has 1 N–H and O–H groups in total. The lowest BCUT2D eigenvalue weighted by atomic mass is 9.74. The van der Waals surface area contributed by atoms with Crippen LogP contribution in [0, 0.1) is 5.95 Å². The lowest BCUT2D eigenvalue weighted by Gasteiger charge is -2.39. The Balaban J connectivity index is 1.28. The van der Waals surface area contributed by atoms with Gasteiger partial charge in [-0.2, -0.15) is 4.39 Å². The highest BCUT2D eigenvalue weighted by molar-refractivity contribution is 6.36. The zero-order valence-electron chi connectivity index (χ0n) is 20.1. The monoisotopic (exact) mass is 558 g/mol. The van der Waals surface area contributed by atoms with E-state index in [1.165, 1.54) is 12.3 Å². The second-order valence-corrected chi connectivity index (χ2v) is 10.8. The molecule has 9 heteroatoms. The quantitative estimate of drug-likeness (QED) is 0.344. The fraction of sp³-hybridized carbons (Fsp3) is 0.286. The van der Waals surface area contributed by atoms with Gasteiger partial charge in [0, 0.05) is 51.9 Å². The largest absolute Gasteiger partial charge is 0.334 e. The van der Waals surface area contributed by atoms with Crippen molar-refractivity contribution in [3.63, 3.8) is 0 Å². The van der Waals surface area contributed by atoms with Crippen molar-refractivity contribution in [2.75, 3.05) is 31.1 Å². The molecule has 1 aromatic heterocycles. The number of piperidine rings is 1. The first kappa shape index (κ1) is 26.0. The maximum atomic E-state index is 13.5. The van der Waals surface area contributed by atoms with Crippen molar-refractivity contribution in [3.05, 3.63) is 98.5 Å². The van der Waals surface area contributed by atoms with Crippen LogP contribution < -0.4 is 10.2 Å². The third kappa shape index (κ3) is 5.78. The van der Waals surface area contributed by atoms with Crippen LogP contribution in [0.4, 0.5) is 14.9 Å². The molecule has 1 saturated heterocycles. The Hall–Kier alpha value is -2.64. The minimum Gasteiger partial charge on any atom is -0.334 e. The van der Waals surface area contributed by atoms with Gasteiger partial charge in [-0.1, -0.05) is 59.1 Å². The molecule has 2 aromatic carbocycles. The number of amides is 2. The minimum atomic E-state index is -0.578. The molecule has 37 heavy (non-hydrogen) atoms. The number of aromatic nitrogens is 1. The molecule has 0 unspecified atom stereocenters. The maximum absolute atomic E-state index is 13.5. The van der Waals surface area contributed by atoms with Crippen LogP contribution in [-0.4, -0.2) is 42.1 Å². The van der Waals surface area contributed by atoms with E-state index in [1.54, 1.807) is 17.0 Å². The number of rotatable bonds is 5. The lowest BCUT2D eigenvalue weighted by molar-refractivity contribution is 0.180. The van der Waals surface area contributed by atoms with Crippen molar-refractivity contribution in [2.24, 2.45) is 0 Å². The Bertz CT molecular complexity index is 1320. The molecule has 2 amide bonds. The standard InChI is InChI=1S/C28H26Cl3FN4O/c29-21-5-3-19(4-6-21)2-1-11-35-12-8-28(9-13-35)18-36(24-16-22(30)15-23(31)26(24)28)27(37)34-17-20-7-10-33-25(32)14-20/h1-7,10,14-16H,8-9,11-13,17-18H2,(H,34,37)/b2-1+. The topological polar surface area (TPSA) is 48.5 Å². The number of halogens is 4. The third-order valence-electron chi connectivity index (χ3n) is 7.15. The van der Waals surface area contributed by atoms with Crippen molar-refractivity contribution < 1.29 is 9.18 Å². The molecule has 1 spiro atoms. The smallest absolute Gasteiger partial charge is 0.322 e. The van der Waals surface area contributed by atoms with Gasteiger partial charge >= 0.3 is 6.03 Å². The highest BCUT2D eigenvalue weighted by Crippen LogP contribution is 2.51. The maximum Gasteiger partial charge on any atom is 0.322 e. The van der Waals surface area contributed by atoms with Crippen molar-refractivity contribution in [2.45, 2.75) is 24.8 Å². The second kappa shape index (κ2) is 11.0. The first-order valence-electron chi connectivity index (χ1n) is 12.1. The first-order valence-corrected chi connectivity index (χ1v) is 13.3. The number of nitrogens with zero attached hydrogens (tertiary/aromatic N) is 3. The zero-order valence-corrected chi connectivity index (χ0v) is 22.3. The summed E-state index contributed by atoms with van der Waals surface area (Å²) < 4.78 is 13.5. The minimum absolute atomic E-state index is 0.194. The van der Waals surface area contributed by atoms with Crippen LogP contribution >= 0.6 is 34.8 Å². The van der Waals surface area contributed by atoms with E-state index < -0.39 is 5.95 Å². The van der Waals surface area contributed by atoms with Crippen molar-refractivity contribution >= 4 is 52.6 Å². The van der Waals surface area contributed by atoms with Crippen LogP contribution in [0.2, 0.25) is 15.1 Å². The molecule has 192 valence electrons. The van der Waals surface area contributed by atoms with E-state index in [0.717, 1.165) is 54.3 Å². The van der Waals surface area contributed by atoms with Crippen LogP contribution in [0.1, 0.15) is 29.5 Å². The van der Waals surface area contributed by atoms with Gasteiger partial charge in [0.2, 0.25) is 5.95 Å². The molecule has 0 radical (unpaired) electrons. The number of anilines is 1. The lowest BCUT2D eigenvalue weighted by Crippen LogP contribution is -2.47. The van der Waals surface area contributed by atoms with E-state index in [-0.39, 0.29) is 18.0 Å². The summed E-state index contributed by atoms with van der Waals surface area (Å²) in [6, 6.07) is 14.1. The molecule has 1 fully saturated rings. The van der Waals surface area contributed by atoms with Gasteiger partial charge < -0.3 is 5.32 Å². The number of nitrogens with one attached hydrogen (secondary N) is 1. The Morgan fingerprint density at radius 2 is 1.81 bits per heavy atom. The average Bonchev–Trinajstić information content (AvgIpc) is 3.19. The summed E-state index contributed by atoms with van der Waals surface area (Å²) in [5, 5.41) is 4.70.